The molecule has 0 aliphatic carbocycles. The Morgan fingerprint density at radius 1 is 1.26 bits per heavy atom. The molecule has 0 spiro atoms. The number of carbonyl (C=O) groups excluding carboxylic acids is 3. The molecule has 1 aromatic carbocycles. The second-order valence-electron chi connectivity index (χ2n) is 8.59. The Morgan fingerprint density at radius 3 is 2.87 bits per heavy atom. The summed E-state index contributed by atoms with van der Waals surface area (Å²) in [6.07, 6.45) is 1.18. The molecule has 4 aromatic rings. The standard InChI is InChI=1S/C24H23N7O7/c1-24(19(32)21(33)27-13-3-4-15-17(11-13)38-29-20(15)25)23(35)30(9-10-37-24)18-6-8-31(28-18)14-5-7-26-16(12-14)22(34)36-2/h3-8,11-12,19,32H,9-10H2,1-2H3,(H2,25,29)(H,27,33)/t19?,24-/m1/s1. The molecule has 196 valence electrons. The number of aliphatic hydroxyl groups excluding tert-OH is 1. The van der Waals surface area contributed by atoms with E-state index in [1.807, 2.05) is 0 Å². The van der Waals surface area contributed by atoms with Crippen molar-refractivity contribution in [2.45, 2.75) is 18.6 Å². The van der Waals surface area contributed by atoms with Gasteiger partial charge >= 0.3 is 5.97 Å². The first kappa shape index (κ1) is 24.9. The van der Waals surface area contributed by atoms with Crippen molar-refractivity contribution < 1.29 is 33.5 Å². The minimum Gasteiger partial charge on any atom is -0.464 e. The molecule has 0 saturated carbocycles. The zero-order chi connectivity index (χ0) is 27.0. The summed E-state index contributed by atoms with van der Waals surface area (Å²) in [5.74, 6) is -1.63. The van der Waals surface area contributed by atoms with Crippen LogP contribution in [0, 0.1) is 0 Å². The van der Waals surface area contributed by atoms with Crippen LogP contribution < -0.4 is 16.0 Å². The number of anilines is 3. The maximum atomic E-state index is 13.5. The highest BCUT2D eigenvalue weighted by atomic mass is 16.5. The normalized spacial score (nSPS) is 18.4. The molecular formula is C24H23N7O7. The predicted molar refractivity (Wildman–Crippen MR) is 132 cm³/mol. The number of aliphatic hydroxyl groups is 1. The summed E-state index contributed by atoms with van der Waals surface area (Å²) < 4.78 is 16.9. The third-order valence-corrected chi connectivity index (χ3v) is 6.18. The molecule has 1 aliphatic rings. The quantitative estimate of drug-likeness (QED) is 0.306. The largest absolute Gasteiger partial charge is 0.464 e. The van der Waals surface area contributed by atoms with Gasteiger partial charge in [-0.25, -0.2) is 14.5 Å². The van der Waals surface area contributed by atoms with Crippen LogP contribution in [0.15, 0.2) is 53.3 Å². The first-order valence-corrected chi connectivity index (χ1v) is 11.4. The lowest BCUT2D eigenvalue weighted by atomic mass is 9.94. The lowest BCUT2D eigenvalue weighted by Crippen LogP contribution is -2.63. The van der Waals surface area contributed by atoms with Gasteiger partial charge in [0.1, 0.15) is 5.69 Å². The van der Waals surface area contributed by atoms with E-state index in [4.69, 9.17) is 19.7 Å². The lowest BCUT2D eigenvalue weighted by Gasteiger charge is -2.40. The molecule has 2 amide bonds. The maximum Gasteiger partial charge on any atom is 0.356 e. The first-order valence-electron chi connectivity index (χ1n) is 11.4. The molecule has 4 heterocycles. The van der Waals surface area contributed by atoms with Gasteiger partial charge in [-0.1, -0.05) is 5.16 Å². The number of aromatic nitrogens is 4. The first-order chi connectivity index (χ1) is 18.2. The van der Waals surface area contributed by atoms with E-state index >= 15 is 0 Å². The number of nitrogen functional groups attached to an aromatic ring is 1. The fourth-order valence-electron chi connectivity index (χ4n) is 4.07. The molecule has 1 aliphatic heterocycles. The lowest BCUT2D eigenvalue weighted by molar-refractivity contribution is -0.170. The highest BCUT2D eigenvalue weighted by Crippen LogP contribution is 2.29. The van der Waals surface area contributed by atoms with Crippen molar-refractivity contribution in [3.05, 3.63) is 54.5 Å². The molecule has 14 heteroatoms. The number of hydrogen-bond donors (Lipinski definition) is 3. The molecule has 14 nitrogen and oxygen atoms in total. The van der Waals surface area contributed by atoms with Crippen LogP contribution in [-0.2, 0) is 19.1 Å². The number of nitrogens with one attached hydrogen (secondary N) is 1. The Morgan fingerprint density at radius 2 is 2.08 bits per heavy atom. The summed E-state index contributed by atoms with van der Waals surface area (Å²) in [6, 6.07) is 9.39. The van der Waals surface area contributed by atoms with E-state index < -0.39 is 29.5 Å². The molecular weight excluding hydrogens is 498 g/mol. The van der Waals surface area contributed by atoms with Gasteiger partial charge < -0.3 is 30.2 Å². The van der Waals surface area contributed by atoms with Crippen LogP contribution in [0.3, 0.4) is 0 Å². The molecule has 0 bridgehead atoms. The van der Waals surface area contributed by atoms with Gasteiger partial charge in [-0.15, -0.1) is 5.10 Å². The Bertz CT molecular complexity index is 1550. The minimum atomic E-state index is -1.89. The number of pyridine rings is 1. The molecule has 38 heavy (non-hydrogen) atoms. The summed E-state index contributed by atoms with van der Waals surface area (Å²) in [4.78, 5) is 43.5. The van der Waals surface area contributed by atoms with Crippen LogP contribution >= 0.6 is 0 Å². The van der Waals surface area contributed by atoms with Gasteiger partial charge in [-0.05, 0) is 31.2 Å². The number of hydrogen-bond acceptors (Lipinski definition) is 11. The maximum absolute atomic E-state index is 13.5. The van der Waals surface area contributed by atoms with Gasteiger partial charge in [-0.3, -0.25) is 14.5 Å². The summed E-state index contributed by atoms with van der Waals surface area (Å²) in [7, 11) is 1.25. The summed E-state index contributed by atoms with van der Waals surface area (Å²) in [5.41, 5.74) is 5.09. The van der Waals surface area contributed by atoms with E-state index in [1.54, 1.807) is 30.5 Å². The molecule has 5 rings (SSSR count). The van der Waals surface area contributed by atoms with Crippen molar-refractivity contribution >= 4 is 46.1 Å². The number of rotatable bonds is 6. The number of carbonyl (C=O) groups is 3. The molecule has 1 saturated heterocycles. The number of amides is 2. The van der Waals surface area contributed by atoms with E-state index in [2.05, 4.69) is 20.6 Å². The fraction of sp³-hybridized carbons (Fsp3) is 0.250. The number of methoxy groups -OCH3 is 1. The van der Waals surface area contributed by atoms with Crippen molar-refractivity contribution in [2.24, 2.45) is 0 Å². The fourth-order valence-corrected chi connectivity index (χ4v) is 4.07. The van der Waals surface area contributed by atoms with Gasteiger partial charge in [0, 0.05) is 30.2 Å². The van der Waals surface area contributed by atoms with Gasteiger partial charge in [0.15, 0.2) is 28.9 Å². The summed E-state index contributed by atoms with van der Waals surface area (Å²) >= 11 is 0. The number of nitrogens with zero attached hydrogens (tertiary/aromatic N) is 5. The summed E-state index contributed by atoms with van der Waals surface area (Å²) in [6.45, 7) is 1.53. The molecule has 3 aromatic heterocycles. The van der Waals surface area contributed by atoms with E-state index in [9.17, 15) is 19.5 Å². The predicted octanol–water partition coefficient (Wildman–Crippen LogP) is 0.899. The number of fused-ring (bicyclic) bond motifs is 1. The Balaban J connectivity index is 1.34. The van der Waals surface area contributed by atoms with Crippen molar-refractivity contribution in [2.75, 3.05) is 36.2 Å². The van der Waals surface area contributed by atoms with E-state index in [-0.39, 0.29) is 30.5 Å². The average Bonchev–Trinajstić information content (AvgIpc) is 3.56. The van der Waals surface area contributed by atoms with Crippen LogP contribution in [0.4, 0.5) is 17.3 Å². The Kier molecular flexibility index (Phi) is 6.26. The smallest absolute Gasteiger partial charge is 0.356 e. The second-order valence-corrected chi connectivity index (χ2v) is 8.59. The van der Waals surface area contributed by atoms with E-state index in [0.29, 0.717) is 22.3 Å². The Labute approximate surface area is 214 Å². The van der Waals surface area contributed by atoms with Gasteiger partial charge in [0.05, 0.1) is 31.3 Å². The number of morpholine rings is 1. The van der Waals surface area contributed by atoms with Crippen molar-refractivity contribution in [1.29, 1.82) is 0 Å². The number of nitrogens with two attached hydrogens (primary N) is 1. The van der Waals surface area contributed by atoms with Crippen molar-refractivity contribution in [1.82, 2.24) is 19.9 Å². The van der Waals surface area contributed by atoms with Gasteiger partial charge in [0.2, 0.25) is 0 Å². The van der Waals surface area contributed by atoms with E-state index in [1.165, 1.54) is 41.9 Å². The average molecular weight is 521 g/mol. The SMILES string of the molecule is COC(=O)c1cc(-n2ccc(N3CCO[C@](C)(C(O)C(=O)Nc4ccc5c(N)noc5c4)C3=O)n2)ccn1. The Hall–Kier alpha value is -4.82. The number of esters is 1. The molecule has 0 radical (unpaired) electrons. The van der Waals surface area contributed by atoms with Crippen LogP contribution in [0.1, 0.15) is 17.4 Å². The highest BCUT2D eigenvalue weighted by molar-refractivity contribution is 6.06. The summed E-state index contributed by atoms with van der Waals surface area (Å²) in [5, 5.41) is 22.1. The molecule has 1 unspecified atom stereocenters. The van der Waals surface area contributed by atoms with Crippen LogP contribution in [0.5, 0.6) is 0 Å². The molecule has 1 fully saturated rings. The second kappa shape index (κ2) is 9.57. The minimum absolute atomic E-state index is 0.0461. The number of benzene rings is 1. The van der Waals surface area contributed by atoms with Gasteiger partial charge in [0.25, 0.3) is 11.8 Å². The van der Waals surface area contributed by atoms with Crippen molar-refractivity contribution in [3.8, 4) is 5.69 Å². The zero-order valence-electron chi connectivity index (χ0n) is 20.3. The third kappa shape index (κ3) is 4.31. The number of ether oxygens (including phenoxy) is 2. The van der Waals surface area contributed by atoms with Crippen molar-refractivity contribution in [3.63, 3.8) is 0 Å². The monoisotopic (exact) mass is 521 g/mol. The molecule has 2 atom stereocenters. The van der Waals surface area contributed by atoms with Crippen LogP contribution in [0.2, 0.25) is 0 Å². The zero-order valence-corrected chi connectivity index (χ0v) is 20.3. The highest BCUT2D eigenvalue weighted by Gasteiger charge is 2.51. The molecule has 4 N–H and O–H groups in total. The van der Waals surface area contributed by atoms with Crippen LogP contribution in [0.25, 0.3) is 16.7 Å². The third-order valence-electron chi connectivity index (χ3n) is 6.18. The topological polar surface area (TPSA) is 188 Å². The van der Waals surface area contributed by atoms with Gasteiger partial charge in [-0.2, -0.15) is 0 Å². The van der Waals surface area contributed by atoms with E-state index in [0.717, 1.165) is 0 Å². The van der Waals surface area contributed by atoms with Crippen LogP contribution in [-0.4, -0.2) is 74.8 Å².